The van der Waals surface area contributed by atoms with Crippen LogP contribution >= 0.6 is 0 Å². The molecule has 1 rings (SSSR count). The predicted octanol–water partition coefficient (Wildman–Crippen LogP) is -1.77. The smallest absolute Gasteiger partial charge is 0.245 e. The Morgan fingerprint density at radius 2 is 1.69 bits per heavy atom. The maximum atomic E-state index is 12.9. The molecule has 0 bridgehead atoms. The summed E-state index contributed by atoms with van der Waals surface area (Å²) < 4.78 is 0. The second kappa shape index (κ2) is 14.0. The average molecular weight is 457 g/mol. The molecule has 0 unspecified atom stereocenters. The number of hydrogen-bond donors (Lipinski definition) is 7. The van der Waals surface area contributed by atoms with E-state index < -0.39 is 48.0 Å². The highest BCUT2D eigenvalue weighted by Crippen LogP contribution is 2.09. The van der Waals surface area contributed by atoms with Gasteiger partial charge in [-0.15, -0.1) is 0 Å². The number of aliphatic hydroxyl groups excluding tert-OH is 1. The van der Waals surface area contributed by atoms with Gasteiger partial charge < -0.3 is 37.8 Å². The van der Waals surface area contributed by atoms with Crippen LogP contribution in [0.5, 0.6) is 0 Å². The number of hydrogen-bond acceptors (Lipinski definition) is 7. The van der Waals surface area contributed by atoms with Gasteiger partial charge in [-0.25, -0.2) is 0 Å². The van der Waals surface area contributed by atoms with Crippen LogP contribution in [0.25, 0.3) is 0 Å². The van der Waals surface area contributed by atoms with E-state index in [4.69, 9.17) is 11.5 Å². The number of unbranched alkanes of at least 4 members (excludes halogenated alkanes) is 1. The second-order valence-electron chi connectivity index (χ2n) is 8.81. The Labute approximate surface area is 189 Å². The first-order valence-corrected chi connectivity index (χ1v) is 11.4. The van der Waals surface area contributed by atoms with Crippen LogP contribution in [0.4, 0.5) is 0 Å². The fourth-order valence-electron chi connectivity index (χ4n) is 3.58. The van der Waals surface area contributed by atoms with Gasteiger partial charge in [0.2, 0.25) is 23.6 Å². The number of aliphatic hydroxyl groups is 1. The lowest BCUT2D eigenvalue weighted by Crippen LogP contribution is -2.60. The summed E-state index contributed by atoms with van der Waals surface area (Å²) in [5.74, 6) is -2.20. The zero-order chi connectivity index (χ0) is 24.3. The first kappa shape index (κ1) is 27.8. The lowest BCUT2D eigenvalue weighted by atomic mass is 10.0. The molecule has 0 aromatic heterocycles. The SMILES string of the molecule is CC(C)C[C@H](NC(=O)[C@@H](NC(=O)[C@@H]1CCCN1)[C@@H](C)O)C(=O)N[C@@H](CCCCN)C(N)=O. The van der Waals surface area contributed by atoms with Crippen LogP contribution < -0.4 is 32.7 Å². The molecule has 1 fully saturated rings. The molecule has 0 aromatic carbocycles. The molecule has 184 valence electrons. The van der Waals surface area contributed by atoms with Crippen LogP contribution in [-0.2, 0) is 19.2 Å². The summed E-state index contributed by atoms with van der Waals surface area (Å²) in [5.41, 5.74) is 10.9. The summed E-state index contributed by atoms with van der Waals surface area (Å²) in [6.45, 7) is 6.35. The number of amides is 4. The standard InChI is InChI=1S/C21H40N6O5/c1-12(2)11-16(20(31)25-14(18(23)29)7-4-5-9-22)26-21(32)17(13(3)28)27-19(30)15-8-6-10-24-15/h12-17,24,28H,4-11,22H2,1-3H3,(H2,23,29)(H,25,31)(H,26,32)(H,27,30)/t13-,14+,15+,16+,17+/m1/s1. The Morgan fingerprint density at radius 3 is 2.19 bits per heavy atom. The molecule has 1 heterocycles. The van der Waals surface area contributed by atoms with Gasteiger partial charge in [0.15, 0.2) is 0 Å². The van der Waals surface area contributed by atoms with E-state index in [1.54, 1.807) is 0 Å². The van der Waals surface area contributed by atoms with Gasteiger partial charge in [-0.2, -0.15) is 0 Å². The van der Waals surface area contributed by atoms with Crippen molar-refractivity contribution in [3.05, 3.63) is 0 Å². The number of nitrogens with two attached hydrogens (primary N) is 2. The van der Waals surface area contributed by atoms with Gasteiger partial charge in [0, 0.05) is 0 Å². The summed E-state index contributed by atoms with van der Waals surface area (Å²) in [4.78, 5) is 49.9. The van der Waals surface area contributed by atoms with E-state index >= 15 is 0 Å². The molecular weight excluding hydrogens is 416 g/mol. The van der Waals surface area contributed by atoms with Crippen molar-refractivity contribution in [1.82, 2.24) is 21.3 Å². The highest BCUT2D eigenvalue weighted by molar-refractivity contribution is 5.94. The molecule has 32 heavy (non-hydrogen) atoms. The molecule has 0 spiro atoms. The second-order valence-corrected chi connectivity index (χ2v) is 8.81. The zero-order valence-corrected chi connectivity index (χ0v) is 19.4. The molecule has 0 radical (unpaired) electrons. The van der Waals surface area contributed by atoms with E-state index in [0.717, 1.165) is 6.42 Å². The van der Waals surface area contributed by atoms with E-state index in [1.807, 2.05) is 13.8 Å². The van der Waals surface area contributed by atoms with Crippen molar-refractivity contribution in [2.45, 2.75) is 89.6 Å². The number of carbonyl (C=O) groups is 4. The monoisotopic (exact) mass is 456 g/mol. The van der Waals surface area contributed by atoms with Crippen molar-refractivity contribution in [3.63, 3.8) is 0 Å². The fourth-order valence-corrected chi connectivity index (χ4v) is 3.58. The number of nitrogens with one attached hydrogen (secondary N) is 4. The van der Waals surface area contributed by atoms with Crippen molar-refractivity contribution in [2.24, 2.45) is 17.4 Å². The topological polar surface area (TPSA) is 189 Å². The van der Waals surface area contributed by atoms with Gasteiger partial charge in [-0.05, 0) is 64.5 Å². The quantitative estimate of drug-likeness (QED) is 0.151. The summed E-state index contributed by atoms with van der Waals surface area (Å²) >= 11 is 0. The van der Waals surface area contributed by atoms with Crippen LogP contribution in [0.3, 0.4) is 0 Å². The molecule has 5 atom stereocenters. The Morgan fingerprint density at radius 1 is 1.03 bits per heavy atom. The molecule has 0 aliphatic carbocycles. The Balaban J connectivity index is 2.84. The van der Waals surface area contributed by atoms with E-state index in [1.165, 1.54) is 6.92 Å². The van der Waals surface area contributed by atoms with Crippen molar-refractivity contribution in [3.8, 4) is 0 Å². The third kappa shape index (κ3) is 9.49. The Kier molecular flexibility index (Phi) is 12.2. The van der Waals surface area contributed by atoms with Gasteiger partial charge >= 0.3 is 0 Å². The minimum Gasteiger partial charge on any atom is -0.391 e. The number of rotatable bonds is 14. The Bertz CT molecular complexity index is 636. The van der Waals surface area contributed by atoms with Gasteiger partial charge in [-0.1, -0.05) is 13.8 Å². The average Bonchev–Trinajstić information content (AvgIpc) is 3.24. The highest BCUT2D eigenvalue weighted by Gasteiger charge is 2.33. The molecule has 11 heteroatoms. The van der Waals surface area contributed by atoms with Gasteiger partial charge in [0.05, 0.1) is 12.1 Å². The van der Waals surface area contributed by atoms with E-state index in [-0.39, 0.29) is 11.8 Å². The van der Waals surface area contributed by atoms with Crippen LogP contribution in [0.2, 0.25) is 0 Å². The van der Waals surface area contributed by atoms with Gasteiger partial charge in [-0.3, -0.25) is 19.2 Å². The van der Waals surface area contributed by atoms with E-state index in [9.17, 15) is 24.3 Å². The van der Waals surface area contributed by atoms with E-state index in [0.29, 0.717) is 45.2 Å². The third-order valence-corrected chi connectivity index (χ3v) is 5.39. The van der Waals surface area contributed by atoms with Crippen LogP contribution in [0.15, 0.2) is 0 Å². The maximum absolute atomic E-state index is 12.9. The third-order valence-electron chi connectivity index (χ3n) is 5.39. The fraction of sp³-hybridized carbons (Fsp3) is 0.810. The lowest BCUT2D eigenvalue weighted by molar-refractivity contribution is -0.135. The molecule has 1 aliphatic rings. The first-order valence-electron chi connectivity index (χ1n) is 11.4. The molecule has 0 saturated carbocycles. The number of primary amides is 1. The minimum atomic E-state index is -1.22. The van der Waals surface area contributed by atoms with Crippen LogP contribution in [-0.4, -0.2) is 72.1 Å². The largest absolute Gasteiger partial charge is 0.391 e. The maximum Gasteiger partial charge on any atom is 0.245 e. The summed E-state index contributed by atoms with van der Waals surface area (Å²) in [6, 6.07) is -3.46. The molecule has 0 aromatic rings. The predicted molar refractivity (Wildman–Crippen MR) is 120 cm³/mol. The van der Waals surface area contributed by atoms with E-state index in [2.05, 4.69) is 21.3 Å². The zero-order valence-electron chi connectivity index (χ0n) is 19.4. The van der Waals surface area contributed by atoms with Gasteiger partial charge in [0.1, 0.15) is 18.1 Å². The molecule has 11 nitrogen and oxygen atoms in total. The van der Waals surface area contributed by atoms with Crippen molar-refractivity contribution in [1.29, 1.82) is 0 Å². The van der Waals surface area contributed by atoms with Crippen molar-refractivity contribution in [2.75, 3.05) is 13.1 Å². The minimum absolute atomic E-state index is 0.0533. The normalized spacial score (nSPS) is 19.6. The molecule has 4 amide bonds. The molecule has 1 saturated heterocycles. The summed E-state index contributed by atoms with van der Waals surface area (Å²) in [7, 11) is 0. The van der Waals surface area contributed by atoms with Crippen molar-refractivity contribution >= 4 is 23.6 Å². The highest BCUT2D eigenvalue weighted by atomic mass is 16.3. The first-order chi connectivity index (χ1) is 15.1. The van der Waals surface area contributed by atoms with Gasteiger partial charge in [0.25, 0.3) is 0 Å². The molecule has 9 N–H and O–H groups in total. The van der Waals surface area contributed by atoms with Crippen molar-refractivity contribution < 1.29 is 24.3 Å². The number of carbonyl (C=O) groups excluding carboxylic acids is 4. The Hall–Kier alpha value is -2.24. The molecular formula is C21H40N6O5. The summed E-state index contributed by atoms with van der Waals surface area (Å²) in [6.07, 6.45) is 2.30. The lowest BCUT2D eigenvalue weighted by Gasteiger charge is -2.27. The molecule has 1 aliphatic heterocycles. The van der Waals surface area contributed by atoms with Crippen LogP contribution in [0, 0.1) is 5.92 Å². The van der Waals surface area contributed by atoms with Crippen LogP contribution in [0.1, 0.15) is 59.3 Å². The summed E-state index contributed by atoms with van der Waals surface area (Å²) in [5, 5.41) is 20.9.